The largest absolute Gasteiger partial charge is 0.384 e. The van der Waals surface area contributed by atoms with Crippen molar-refractivity contribution in [3.05, 3.63) is 58.2 Å². The lowest BCUT2D eigenvalue weighted by atomic mass is 9.88. The second-order valence-corrected chi connectivity index (χ2v) is 10.8. The van der Waals surface area contributed by atoms with Crippen LogP contribution in [0.2, 0.25) is 0 Å². The van der Waals surface area contributed by atoms with Gasteiger partial charge in [0.2, 0.25) is 5.91 Å². The van der Waals surface area contributed by atoms with Crippen molar-refractivity contribution in [2.45, 2.75) is 52.2 Å². The number of rotatable bonds is 5. The fourth-order valence-corrected chi connectivity index (χ4v) is 5.05. The molecule has 0 spiro atoms. The van der Waals surface area contributed by atoms with Gasteiger partial charge in [-0.1, -0.05) is 20.8 Å². The average Bonchev–Trinajstić information content (AvgIpc) is 3.41. The molecule has 0 saturated carbocycles. The molecule has 3 aromatic heterocycles. The van der Waals surface area contributed by atoms with Crippen LogP contribution in [0.3, 0.4) is 0 Å². The van der Waals surface area contributed by atoms with Gasteiger partial charge in [0.1, 0.15) is 11.2 Å². The highest BCUT2D eigenvalue weighted by Crippen LogP contribution is 2.37. The summed E-state index contributed by atoms with van der Waals surface area (Å²) in [5.74, 6) is -0.0230. The Bertz CT molecular complexity index is 1120. The number of imidazole rings is 1. The van der Waals surface area contributed by atoms with Crippen LogP contribution in [0, 0.1) is 5.41 Å². The van der Waals surface area contributed by atoms with E-state index in [-0.39, 0.29) is 17.2 Å². The SMILES string of the molecule is CC(C)(C)CC(=O)N1CCC(O)(c2ccc(C(=O)NCc3ccn4ccnc4c3)s2)CC1. The van der Waals surface area contributed by atoms with Crippen LogP contribution in [-0.4, -0.2) is 44.3 Å². The Hall–Kier alpha value is -2.71. The zero-order chi connectivity index (χ0) is 22.9. The summed E-state index contributed by atoms with van der Waals surface area (Å²) < 4.78 is 1.92. The molecule has 1 aliphatic rings. The third-order valence-corrected chi connectivity index (χ3v) is 7.11. The van der Waals surface area contributed by atoms with Crippen molar-refractivity contribution < 1.29 is 14.7 Å². The number of aliphatic hydroxyl groups is 1. The number of hydrogen-bond donors (Lipinski definition) is 2. The van der Waals surface area contributed by atoms with E-state index in [9.17, 15) is 14.7 Å². The molecular formula is C24H30N4O3S. The highest BCUT2D eigenvalue weighted by molar-refractivity contribution is 7.14. The molecule has 170 valence electrons. The van der Waals surface area contributed by atoms with Crippen molar-refractivity contribution in [1.29, 1.82) is 0 Å². The van der Waals surface area contributed by atoms with E-state index >= 15 is 0 Å². The highest BCUT2D eigenvalue weighted by Gasteiger charge is 2.37. The zero-order valence-electron chi connectivity index (χ0n) is 18.8. The van der Waals surface area contributed by atoms with Crippen LogP contribution in [0.25, 0.3) is 5.65 Å². The number of carbonyl (C=O) groups excluding carboxylic acids is 2. The summed E-state index contributed by atoms with van der Waals surface area (Å²) in [5.41, 5.74) is 0.767. The predicted molar refractivity (Wildman–Crippen MR) is 124 cm³/mol. The molecule has 0 aliphatic carbocycles. The Kier molecular flexibility index (Phi) is 6.09. The Labute approximate surface area is 192 Å². The monoisotopic (exact) mass is 454 g/mol. The molecule has 8 heteroatoms. The van der Waals surface area contributed by atoms with E-state index in [0.717, 1.165) is 16.1 Å². The summed E-state index contributed by atoms with van der Waals surface area (Å²) in [6.45, 7) is 7.63. The van der Waals surface area contributed by atoms with Gasteiger partial charge in [0, 0.05) is 49.5 Å². The minimum atomic E-state index is -0.993. The van der Waals surface area contributed by atoms with Gasteiger partial charge in [0.25, 0.3) is 5.91 Å². The lowest BCUT2D eigenvalue weighted by Gasteiger charge is -2.38. The number of pyridine rings is 1. The standard InChI is InChI=1S/C24H30N4O3S/c1-23(2,3)15-21(29)28-11-7-24(31,8-12-28)19-5-4-18(32-19)22(30)26-16-17-6-10-27-13-9-25-20(27)14-17/h4-6,9-10,13-14,31H,7-8,11-12,15-16H2,1-3H3,(H,26,30). The molecule has 32 heavy (non-hydrogen) atoms. The van der Waals surface area contributed by atoms with E-state index in [4.69, 9.17) is 0 Å². The van der Waals surface area contributed by atoms with Crippen LogP contribution in [0.5, 0.6) is 0 Å². The number of nitrogens with one attached hydrogen (secondary N) is 1. The number of likely N-dealkylation sites (tertiary alicyclic amines) is 1. The summed E-state index contributed by atoms with van der Waals surface area (Å²) in [5, 5.41) is 14.1. The summed E-state index contributed by atoms with van der Waals surface area (Å²) in [7, 11) is 0. The van der Waals surface area contributed by atoms with E-state index in [1.165, 1.54) is 11.3 Å². The van der Waals surface area contributed by atoms with Gasteiger partial charge >= 0.3 is 0 Å². The Morgan fingerprint density at radius 3 is 2.66 bits per heavy atom. The van der Waals surface area contributed by atoms with Crippen LogP contribution in [0.4, 0.5) is 0 Å². The number of carbonyl (C=O) groups is 2. The molecule has 0 unspecified atom stereocenters. The molecule has 4 rings (SSSR count). The lowest BCUT2D eigenvalue weighted by molar-refractivity contribution is -0.137. The van der Waals surface area contributed by atoms with Gasteiger partial charge < -0.3 is 19.7 Å². The number of hydrogen-bond acceptors (Lipinski definition) is 5. The summed E-state index contributed by atoms with van der Waals surface area (Å²) in [4.78, 5) is 32.6. The topological polar surface area (TPSA) is 86.9 Å². The first-order valence-electron chi connectivity index (χ1n) is 10.9. The quantitative estimate of drug-likeness (QED) is 0.617. The molecule has 1 aliphatic heterocycles. The number of fused-ring (bicyclic) bond motifs is 1. The van der Waals surface area contributed by atoms with Crippen LogP contribution < -0.4 is 5.32 Å². The summed E-state index contributed by atoms with van der Waals surface area (Å²) in [6, 6.07) is 7.49. The fraction of sp³-hybridized carbons (Fsp3) is 0.458. The Morgan fingerprint density at radius 2 is 1.94 bits per heavy atom. The minimum absolute atomic E-state index is 0.0505. The molecule has 3 aromatic rings. The van der Waals surface area contributed by atoms with Crippen molar-refractivity contribution in [2.24, 2.45) is 5.41 Å². The van der Waals surface area contributed by atoms with Crippen molar-refractivity contribution in [3.63, 3.8) is 0 Å². The molecule has 0 aromatic carbocycles. The van der Waals surface area contributed by atoms with Crippen molar-refractivity contribution in [2.75, 3.05) is 13.1 Å². The van der Waals surface area contributed by atoms with Crippen molar-refractivity contribution >= 4 is 28.8 Å². The third kappa shape index (κ3) is 5.02. The molecule has 7 nitrogen and oxygen atoms in total. The number of piperidine rings is 1. The van der Waals surface area contributed by atoms with Crippen LogP contribution >= 0.6 is 11.3 Å². The third-order valence-electron chi connectivity index (χ3n) is 5.83. The Morgan fingerprint density at radius 1 is 1.19 bits per heavy atom. The molecule has 0 bridgehead atoms. The fourth-order valence-electron chi connectivity index (χ4n) is 3.98. The van der Waals surface area contributed by atoms with Crippen molar-refractivity contribution in [1.82, 2.24) is 19.6 Å². The van der Waals surface area contributed by atoms with Gasteiger partial charge in [-0.2, -0.15) is 0 Å². The van der Waals surface area contributed by atoms with E-state index in [0.29, 0.717) is 43.8 Å². The number of thiophene rings is 1. The molecule has 4 heterocycles. The first-order chi connectivity index (χ1) is 15.1. The maximum atomic E-state index is 12.7. The smallest absolute Gasteiger partial charge is 0.261 e. The zero-order valence-corrected chi connectivity index (χ0v) is 19.6. The molecule has 1 saturated heterocycles. The van der Waals surface area contributed by atoms with E-state index in [1.807, 2.05) is 39.9 Å². The Balaban J connectivity index is 1.34. The number of aromatic nitrogens is 2. The van der Waals surface area contributed by atoms with E-state index in [1.54, 1.807) is 12.3 Å². The average molecular weight is 455 g/mol. The van der Waals surface area contributed by atoms with E-state index < -0.39 is 5.60 Å². The molecule has 2 amide bonds. The maximum Gasteiger partial charge on any atom is 0.261 e. The van der Waals surface area contributed by atoms with Gasteiger partial charge in [0.05, 0.1) is 4.88 Å². The van der Waals surface area contributed by atoms with Gasteiger partial charge in [-0.15, -0.1) is 11.3 Å². The normalized spacial score (nSPS) is 16.3. The number of amides is 2. The second kappa shape index (κ2) is 8.67. The highest BCUT2D eigenvalue weighted by atomic mass is 32.1. The minimum Gasteiger partial charge on any atom is -0.384 e. The van der Waals surface area contributed by atoms with Crippen LogP contribution in [0.15, 0.2) is 42.9 Å². The molecule has 1 fully saturated rings. The molecule has 2 N–H and O–H groups in total. The lowest BCUT2D eigenvalue weighted by Crippen LogP contribution is -2.45. The summed E-state index contributed by atoms with van der Waals surface area (Å²) in [6.07, 6.45) is 6.99. The van der Waals surface area contributed by atoms with Gasteiger partial charge in [-0.3, -0.25) is 9.59 Å². The van der Waals surface area contributed by atoms with Gasteiger partial charge in [-0.25, -0.2) is 4.98 Å². The van der Waals surface area contributed by atoms with Crippen LogP contribution in [0.1, 0.15) is 60.1 Å². The first kappa shape index (κ1) is 22.5. The molecular weight excluding hydrogens is 424 g/mol. The van der Waals surface area contributed by atoms with Crippen molar-refractivity contribution in [3.8, 4) is 0 Å². The molecule has 0 radical (unpaired) electrons. The van der Waals surface area contributed by atoms with Gasteiger partial charge in [-0.05, 0) is 48.1 Å². The predicted octanol–water partition coefficient (Wildman–Crippen LogP) is 3.57. The number of nitrogens with zero attached hydrogens (tertiary/aromatic N) is 3. The van der Waals surface area contributed by atoms with E-state index in [2.05, 4.69) is 31.1 Å². The summed E-state index contributed by atoms with van der Waals surface area (Å²) >= 11 is 1.32. The second-order valence-electron chi connectivity index (χ2n) is 9.72. The molecule has 0 atom stereocenters. The van der Waals surface area contributed by atoms with Crippen LogP contribution in [-0.2, 0) is 16.9 Å². The maximum absolute atomic E-state index is 12.7. The van der Waals surface area contributed by atoms with Gasteiger partial charge in [0.15, 0.2) is 0 Å². The first-order valence-corrected chi connectivity index (χ1v) is 11.7.